The van der Waals surface area contributed by atoms with Crippen LogP contribution in [0.25, 0.3) is 11.3 Å². The normalized spacial score (nSPS) is 11.1. The summed E-state index contributed by atoms with van der Waals surface area (Å²) >= 11 is 0. The second-order valence-electron chi connectivity index (χ2n) is 7.15. The Kier molecular flexibility index (Phi) is 5.89. The molecule has 0 saturated heterocycles. The predicted octanol–water partition coefficient (Wildman–Crippen LogP) is 3.17. The Morgan fingerprint density at radius 3 is 2.29 bits per heavy atom. The molecular weight excluding hydrogens is 354 g/mol. The largest absolute Gasteiger partial charge is 0.355 e. The molecule has 28 heavy (non-hydrogen) atoms. The number of hydrogen-bond donors (Lipinski definition) is 2. The summed E-state index contributed by atoms with van der Waals surface area (Å²) in [5.41, 5.74) is 1.89. The number of benzene rings is 2. The van der Waals surface area contributed by atoms with E-state index in [1.165, 1.54) is 0 Å². The lowest BCUT2D eigenvalue weighted by atomic mass is 9.84. The standard InChI is InChI=1S/C22H23N3O3/c1-22(2,17-11-7-4-8-12-17)15-24-20(26)14-23-21(27)18-13-19(28-25-18)16-9-5-3-6-10-16/h3-13H,14-15H2,1-2H3,(H,23,27)(H,24,26). The number of rotatable bonds is 7. The number of aromatic nitrogens is 1. The second kappa shape index (κ2) is 8.52. The molecule has 0 atom stereocenters. The van der Waals surface area contributed by atoms with Gasteiger partial charge in [0.1, 0.15) is 0 Å². The molecule has 2 N–H and O–H groups in total. The minimum atomic E-state index is -0.455. The molecule has 0 aliphatic carbocycles. The average Bonchev–Trinajstić information content (AvgIpc) is 3.22. The summed E-state index contributed by atoms with van der Waals surface area (Å²) in [5, 5.41) is 9.20. The van der Waals surface area contributed by atoms with Crippen molar-refractivity contribution < 1.29 is 14.1 Å². The lowest BCUT2D eigenvalue weighted by Gasteiger charge is -2.25. The molecule has 1 aromatic heterocycles. The third kappa shape index (κ3) is 4.85. The molecule has 0 radical (unpaired) electrons. The molecule has 0 saturated carbocycles. The van der Waals surface area contributed by atoms with Crippen LogP contribution in [-0.4, -0.2) is 30.1 Å². The van der Waals surface area contributed by atoms with E-state index in [4.69, 9.17) is 4.52 Å². The predicted molar refractivity (Wildman–Crippen MR) is 107 cm³/mol. The summed E-state index contributed by atoms with van der Waals surface area (Å²) in [6, 6.07) is 20.9. The third-order valence-corrected chi connectivity index (χ3v) is 4.49. The molecule has 0 bridgehead atoms. The second-order valence-corrected chi connectivity index (χ2v) is 7.15. The Balaban J connectivity index is 1.49. The Bertz CT molecular complexity index is 934. The monoisotopic (exact) mass is 377 g/mol. The van der Waals surface area contributed by atoms with E-state index in [2.05, 4.69) is 29.6 Å². The third-order valence-electron chi connectivity index (χ3n) is 4.49. The van der Waals surface area contributed by atoms with E-state index < -0.39 is 5.91 Å². The van der Waals surface area contributed by atoms with Gasteiger partial charge in [-0.1, -0.05) is 79.7 Å². The molecule has 3 rings (SSSR count). The molecule has 0 spiro atoms. The Morgan fingerprint density at radius 2 is 1.61 bits per heavy atom. The fraction of sp³-hybridized carbons (Fsp3) is 0.227. The van der Waals surface area contributed by atoms with Crippen LogP contribution >= 0.6 is 0 Å². The van der Waals surface area contributed by atoms with Crippen LogP contribution in [0.1, 0.15) is 29.9 Å². The van der Waals surface area contributed by atoms with Crippen molar-refractivity contribution in [1.82, 2.24) is 15.8 Å². The number of amides is 2. The highest BCUT2D eigenvalue weighted by Gasteiger charge is 2.21. The van der Waals surface area contributed by atoms with Crippen LogP contribution in [-0.2, 0) is 10.2 Å². The maximum Gasteiger partial charge on any atom is 0.273 e. The van der Waals surface area contributed by atoms with Gasteiger partial charge in [-0.2, -0.15) is 0 Å². The molecule has 0 fully saturated rings. The zero-order valence-corrected chi connectivity index (χ0v) is 15.9. The first kappa shape index (κ1) is 19.4. The van der Waals surface area contributed by atoms with E-state index in [1.54, 1.807) is 6.07 Å². The van der Waals surface area contributed by atoms with Crippen molar-refractivity contribution >= 4 is 11.8 Å². The van der Waals surface area contributed by atoms with Gasteiger partial charge in [0.15, 0.2) is 11.5 Å². The fourth-order valence-electron chi connectivity index (χ4n) is 2.75. The van der Waals surface area contributed by atoms with Crippen LogP contribution in [0.5, 0.6) is 0 Å². The highest BCUT2D eigenvalue weighted by molar-refractivity contribution is 5.95. The molecule has 6 nitrogen and oxygen atoms in total. The van der Waals surface area contributed by atoms with Crippen molar-refractivity contribution in [3.05, 3.63) is 78.0 Å². The minimum Gasteiger partial charge on any atom is -0.355 e. The SMILES string of the molecule is CC(C)(CNC(=O)CNC(=O)c1cc(-c2ccccc2)on1)c1ccccc1. The summed E-state index contributed by atoms with van der Waals surface area (Å²) in [6.45, 7) is 4.45. The van der Waals surface area contributed by atoms with Gasteiger partial charge in [0.2, 0.25) is 5.91 Å². The summed E-state index contributed by atoms with van der Waals surface area (Å²) < 4.78 is 5.21. The summed E-state index contributed by atoms with van der Waals surface area (Å²) in [4.78, 5) is 24.3. The van der Waals surface area contributed by atoms with Gasteiger partial charge in [-0.3, -0.25) is 9.59 Å². The fourth-order valence-corrected chi connectivity index (χ4v) is 2.75. The lowest BCUT2D eigenvalue weighted by molar-refractivity contribution is -0.120. The first-order valence-electron chi connectivity index (χ1n) is 9.08. The molecule has 3 aromatic rings. The molecule has 2 aromatic carbocycles. The van der Waals surface area contributed by atoms with Gasteiger partial charge in [-0.05, 0) is 5.56 Å². The molecule has 2 amide bonds. The summed E-state index contributed by atoms with van der Waals surface area (Å²) in [6.07, 6.45) is 0. The maximum atomic E-state index is 12.2. The number of nitrogens with one attached hydrogen (secondary N) is 2. The van der Waals surface area contributed by atoms with Crippen molar-refractivity contribution in [2.45, 2.75) is 19.3 Å². The van der Waals surface area contributed by atoms with E-state index in [1.807, 2.05) is 60.7 Å². The zero-order chi connectivity index (χ0) is 20.0. The van der Waals surface area contributed by atoms with Crippen molar-refractivity contribution in [2.75, 3.05) is 13.1 Å². The topological polar surface area (TPSA) is 84.2 Å². The zero-order valence-electron chi connectivity index (χ0n) is 15.9. The van der Waals surface area contributed by atoms with Crippen LogP contribution in [0.15, 0.2) is 71.3 Å². The molecule has 1 heterocycles. The smallest absolute Gasteiger partial charge is 0.273 e. The van der Waals surface area contributed by atoms with Crippen molar-refractivity contribution in [3.63, 3.8) is 0 Å². The lowest BCUT2D eigenvalue weighted by Crippen LogP contribution is -2.42. The van der Waals surface area contributed by atoms with Gasteiger partial charge in [-0.25, -0.2) is 0 Å². The Morgan fingerprint density at radius 1 is 0.964 bits per heavy atom. The van der Waals surface area contributed by atoms with Crippen molar-refractivity contribution in [1.29, 1.82) is 0 Å². The number of carbonyl (C=O) groups excluding carboxylic acids is 2. The number of nitrogens with zero attached hydrogens (tertiary/aromatic N) is 1. The van der Waals surface area contributed by atoms with E-state index in [0.29, 0.717) is 12.3 Å². The number of hydrogen-bond acceptors (Lipinski definition) is 4. The molecule has 144 valence electrons. The average molecular weight is 377 g/mol. The molecule has 0 aliphatic heterocycles. The molecule has 0 aliphatic rings. The van der Waals surface area contributed by atoms with Crippen LogP contribution in [0.4, 0.5) is 0 Å². The van der Waals surface area contributed by atoms with Gasteiger partial charge in [0.25, 0.3) is 5.91 Å². The molecule has 6 heteroatoms. The first-order valence-corrected chi connectivity index (χ1v) is 9.08. The van der Waals surface area contributed by atoms with Gasteiger partial charge in [0, 0.05) is 23.6 Å². The van der Waals surface area contributed by atoms with E-state index in [-0.39, 0.29) is 23.6 Å². The van der Waals surface area contributed by atoms with Gasteiger partial charge >= 0.3 is 0 Å². The van der Waals surface area contributed by atoms with Crippen molar-refractivity contribution in [2.24, 2.45) is 0 Å². The van der Waals surface area contributed by atoms with Crippen LogP contribution in [0.2, 0.25) is 0 Å². The molecular formula is C22H23N3O3. The Labute approximate surface area is 163 Å². The van der Waals surface area contributed by atoms with E-state index in [0.717, 1.165) is 11.1 Å². The Hall–Kier alpha value is -3.41. The molecule has 0 unspecified atom stereocenters. The van der Waals surface area contributed by atoms with Crippen LogP contribution in [0, 0.1) is 0 Å². The van der Waals surface area contributed by atoms with Crippen molar-refractivity contribution in [3.8, 4) is 11.3 Å². The highest BCUT2D eigenvalue weighted by Crippen LogP contribution is 2.21. The van der Waals surface area contributed by atoms with Gasteiger partial charge in [0.05, 0.1) is 6.54 Å². The number of carbonyl (C=O) groups is 2. The summed E-state index contributed by atoms with van der Waals surface area (Å²) in [7, 11) is 0. The maximum absolute atomic E-state index is 12.2. The highest BCUT2D eigenvalue weighted by atomic mass is 16.5. The van der Waals surface area contributed by atoms with Crippen LogP contribution < -0.4 is 10.6 Å². The van der Waals surface area contributed by atoms with E-state index >= 15 is 0 Å². The summed E-state index contributed by atoms with van der Waals surface area (Å²) in [5.74, 6) is -0.215. The quantitative estimate of drug-likeness (QED) is 0.662. The van der Waals surface area contributed by atoms with E-state index in [9.17, 15) is 9.59 Å². The first-order chi connectivity index (χ1) is 13.5. The minimum absolute atomic E-state index is 0.128. The van der Waals surface area contributed by atoms with Crippen LogP contribution in [0.3, 0.4) is 0 Å². The van der Waals surface area contributed by atoms with Gasteiger partial charge < -0.3 is 15.2 Å². The van der Waals surface area contributed by atoms with Gasteiger partial charge in [-0.15, -0.1) is 0 Å².